The number of aryl methyl sites for hydroxylation is 1. The Morgan fingerprint density at radius 1 is 1.38 bits per heavy atom. The SMILES string of the molecule is CC1Oc2ccc(NC(=O)c3cccn3C)cc2NC1=O. The first-order valence-electron chi connectivity index (χ1n) is 6.59. The van der Waals surface area contributed by atoms with Crippen LogP contribution in [0.2, 0.25) is 0 Å². The molecule has 3 rings (SSSR count). The van der Waals surface area contributed by atoms with E-state index in [0.29, 0.717) is 22.8 Å². The number of nitrogens with zero attached hydrogens (tertiary/aromatic N) is 1. The molecule has 0 radical (unpaired) electrons. The van der Waals surface area contributed by atoms with Crippen LogP contribution in [0.3, 0.4) is 0 Å². The molecule has 6 nitrogen and oxygen atoms in total. The molecule has 2 heterocycles. The van der Waals surface area contributed by atoms with Crippen molar-refractivity contribution in [2.24, 2.45) is 7.05 Å². The van der Waals surface area contributed by atoms with Crippen molar-refractivity contribution in [3.05, 3.63) is 42.2 Å². The van der Waals surface area contributed by atoms with Gasteiger partial charge in [0.15, 0.2) is 6.10 Å². The van der Waals surface area contributed by atoms with E-state index in [9.17, 15) is 9.59 Å². The van der Waals surface area contributed by atoms with Gasteiger partial charge in [0.05, 0.1) is 5.69 Å². The molecule has 0 bridgehead atoms. The van der Waals surface area contributed by atoms with E-state index in [1.54, 1.807) is 55.1 Å². The third kappa shape index (κ3) is 2.47. The van der Waals surface area contributed by atoms with E-state index in [1.165, 1.54) is 0 Å². The van der Waals surface area contributed by atoms with Gasteiger partial charge in [-0.3, -0.25) is 9.59 Å². The summed E-state index contributed by atoms with van der Waals surface area (Å²) >= 11 is 0. The zero-order valence-electron chi connectivity index (χ0n) is 11.7. The largest absolute Gasteiger partial charge is 0.479 e. The molecule has 108 valence electrons. The van der Waals surface area contributed by atoms with Crippen LogP contribution < -0.4 is 15.4 Å². The van der Waals surface area contributed by atoms with Gasteiger partial charge in [0, 0.05) is 18.9 Å². The van der Waals surface area contributed by atoms with Crippen molar-refractivity contribution in [3.63, 3.8) is 0 Å². The second-order valence-corrected chi connectivity index (χ2v) is 4.92. The second-order valence-electron chi connectivity index (χ2n) is 4.92. The minimum Gasteiger partial charge on any atom is -0.479 e. The Balaban J connectivity index is 1.82. The monoisotopic (exact) mass is 285 g/mol. The van der Waals surface area contributed by atoms with Crippen molar-refractivity contribution >= 4 is 23.2 Å². The zero-order valence-corrected chi connectivity index (χ0v) is 11.7. The van der Waals surface area contributed by atoms with Gasteiger partial charge in [-0.05, 0) is 37.3 Å². The molecule has 1 aliphatic heterocycles. The van der Waals surface area contributed by atoms with Crippen LogP contribution in [0, 0.1) is 0 Å². The molecule has 1 aromatic heterocycles. The molecule has 21 heavy (non-hydrogen) atoms. The van der Waals surface area contributed by atoms with E-state index in [2.05, 4.69) is 10.6 Å². The van der Waals surface area contributed by atoms with Crippen LogP contribution in [-0.4, -0.2) is 22.5 Å². The van der Waals surface area contributed by atoms with Crippen LogP contribution in [0.1, 0.15) is 17.4 Å². The van der Waals surface area contributed by atoms with Crippen LogP contribution in [0.15, 0.2) is 36.5 Å². The van der Waals surface area contributed by atoms with Crippen LogP contribution >= 0.6 is 0 Å². The van der Waals surface area contributed by atoms with Crippen LogP contribution in [0.4, 0.5) is 11.4 Å². The summed E-state index contributed by atoms with van der Waals surface area (Å²) in [7, 11) is 1.80. The molecule has 0 saturated carbocycles. The van der Waals surface area contributed by atoms with Gasteiger partial charge < -0.3 is 19.9 Å². The van der Waals surface area contributed by atoms with Gasteiger partial charge in [0.1, 0.15) is 11.4 Å². The summed E-state index contributed by atoms with van der Waals surface area (Å²) in [4.78, 5) is 23.7. The first kappa shape index (κ1) is 13.2. The Morgan fingerprint density at radius 3 is 2.90 bits per heavy atom. The average Bonchev–Trinajstić information content (AvgIpc) is 2.87. The van der Waals surface area contributed by atoms with Gasteiger partial charge in [-0.25, -0.2) is 0 Å². The molecular formula is C15H15N3O3. The predicted molar refractivity (Wildman–Crippen MR) is 78.5 cm³/mol. The van der Waals surface area contributed by atoms with E-state index in [-0.39, 0.29) is 11.8 Å². The van der Waals surface area contributed by atoms with Crippen molar-refractivity contribution < 1.29 is 14.3 Å². The minimum absolute atomic E-state index is 0.201. The van der Waals surface area contributed by atoms with Gasteiger partial charge in [0.2, 0.25) is 0 Å². The lowest BCUT2D eigenvalue weighted by atomic mass is 10.2. The van der Waals surface area contributed by atoms with Crippen LogP contribution in [-0.2, 0) is 11.8 Å². The molecule has 2 aromatic rings. The number of aromatic nitrogens is 1. The first-order valence-corrected chi connectivity index (χ1v) is 6.59. The molecule has 1 unspecified atom stereocenters. The molecule has 2 amide bonds. The highest BCUT2D eigenvalue weighted by Gasteiger charge is 2.23. The highest BCUT2D eigenvalue weighted by Crippen LogP contribution is 2.32. The molecule has 0 fully saturated rings. The maximum Gasteiger partial charge on any atom is 0.272 e. The Morgan fingerprint density at radius 2 is 2.19 bits per heavy atom. The summed E-state index contributed by atoms with van der Waals surface area (Å²) in [5, 5.41) is 5.54. The lowest BCUT2D eigenvalue weighted by molar-refractivity contribution is -0.122. The van der Waals surface area contributed by atoms with Crippen molar-refractivity contribution in [3.8, 4) is 5.75 Å². The van der Waals surface area contributed by atoms with E-state index >= 15 is 0 Å². The van der Waals surface area contributed by atoms with Gasteiger partial charge in [-0.15, -0.1) is 0 Å². The number of hydrogen-bond donors (Lipinski definition) is 2. The third-order valence-electron chi connectivity index (χ3n) is 3.34. The topological polar surface area (TPSA) is 72.4 Å². The highest BCUT2D eigenvalue weighted by molar-refractivity contribution is 6.04. The standard InChI is InChI=1S/C15H15N3O3/c1-9-14(19)17-11-8-10(5-6-13(11)21-9)16-15(20)12-4-3-7-18(12)2/h3-9H,1-2H3,(H,16,20)(H,17,19). The quantitative estimate of drug-likeness (QED) is 0.886. The third-order valence-corrected chi connectivity index (χ3v) is 3.34. The minimum atomic E-state index is -0.513. The smallest absolute Gasteiger partial charge is 0.272 e. The maximum absolute atomic E-state index is 12.1. The summed E-state index contributed by atoms with van der Waals surface area (Å²) < 4.78 is 7.20. The molecule has 1 atom stereocenters. The Kier molecular flexibility index (Phi) is 3.13. The number of hydrogen-bond acceptors (Lipinski definition) is 3. The number of anilines is 2. The number of amides is 2. The lowest BCUT2D eigenvalue weighted by Crippen LogP contribution is -2.34. The summed E-state index contributed by atoms with van der Waals surface area (Å²) in [6, 6.07) is 8.69. The molecule has 0 spiro atoms. The Hall–Kier alpha value is -2.76. The number of nitrogens with one attached hydrogen (secondary N) is 2. The fraction of sp³-hybridized carbons (Fsp3) is 0.200. The van der Waals surface area contributed by atoms with E-state index < -0.39 is 6.10 Å². The fourth-order valence-electron chi connectivity index (χ4n) is 2.18. The van der Waals surface area contributed by atoms with E-state index in [4.69, 9.17) is 4.74 Å². The first-order chi connectivity index (χ1) is 10.0. The number of fused-ring (bicyclic) bond motifs is 1. The van der Waals surface area contributed by atoms with Gasteiger partial charge >= 0.3 is 0 Å². The number of ether oxygens (including phenoxy) is 1. The molecule has 6 heteroatoms. The van der Waals surface area contributed by atoms with E-state index in [0.717, 1.165) is 0 Å². The van der Waals surface area contributed by atoms with Crippen LogP contribution in [0.25, 0.3) is 0 Å². The van der Waals surface area contributed by atoms with E-state index in [1.807, 2.05) is 0 Å². The van der Waals surface area contributed by atoms with Crippen molar-refractivity contribution in [1.29, 1.82) is 0 Å². The molecule has 0 aliphatic carbocycles. The summed E-state index contributed by atoms with van der Waals surface area (Å²) in [6.45, 7) is 1.68. The number of carbonyl (C=O) groups excluding carboxylic acids is 2. The number of carbonyl (C=O) groups is 2. The summed E-state index contributed by atoms with van der Waals surface area (Å²) in [5.41, 5.74) is 1.71. The van der Waals surface area contributed by atoms with Crippen molar-refractivity contribution in [2.45, 2.75) is 13.0 Å². The summed E-state index contributed by atoms with van der Waals surface area (Å²) in [6.07, 6.45) is 1.29. The molecule has 2 N–H and O–H groups in total. The average molecular weight is 285 g/mol. The molecule has 1 aromatic carbocycles. The Bertz CT molecular complexity index is 721. The predicted octanol–water partition coefficient (Wildman–Crippen LogP) is 2.00. The second kappa shape index (κ2) is 4.97. The highest BCUT2D eigenvalue weighted by atomic mass is 16.5. The van der Waals surface area contributed by atoms with Crippen molar-refractivity contribution in [2.75, 3.05) is 10.6 Å². The van der Waals surface area contributed by atoms with Gasteiger partial charge in [0.25, 0.3) is 11.8 Å². The van der Waals surface area contributed by atoms with Crippen molar-refractivity contribution in [1.82, 2.24) is 4.57 Å². The van der Waals surface area contributed by atoms with Crippen LogP contribution in [0.5, 0.6) is 5.75 Å². The fourth-order valence-corrected chi connectivity index (χ4v) is 2.18. The lowest BCUT2D eigenvalue weighted by Gasteiger charge is -2.23. The zero-order chi connectivity index (χ0) is 15.0. The Labute approximate surface area is 121 Å². The maximum atomic E-state index is 12.1. The molecule has 0 saturated heterocycles. The number of benzene rings is 1. The normalized spacial score (nSPS) is 16.7. The summed E-state index contributed by atoms with van der Waals surface area (Å²) in [5.74, 6) is 0.186. The van der Waals surface area contributed by atoms with Gasteiger partial charge in [-0.1, -0.05) is 0 Å². The number of rotatable bonds is 2. The molecular weight excluding hydrogens is 270 g/mol. The molecule has 1 aliphatic rings. The van der Waals surface area contributed by atoms with Gasteiger partial charge in [-0.2, -0.15) is 0 Å².